The van der Waals surface area contributed by atoms with Gasteiger partial charge < -0.3 is 4.74 Å². The molecule has 0 aliphatic rings. The van der Waals surface area contributed by atoms with Crippen molar-refractivity contribution >= 4 is 11.6 Å². The first-order chi connectivity index (χ1) is 10.8. The Balaban J connectivity index is 1.99. The van der Waals surface area contributed by atoms with Crippen LogP contribution in [0, 0.1) is 0 Å². The molecule has 0 atom stereocenters. The summed E-state index contributed by atoms with van der Waals surface area (Å²) in [6, 6.07) is 17.8. The second kappa shape index (κ2) is 6.58. The molecule has 0 N–H and O–H groups in total. The number of benzene rings is 2. The zero-order chi connectivity index (χ0) is 15.4. The van der Waals surface area contributed by atoms with E-state index in [1.54, 1.807) is 13.3 Å². The zero-order valence-electron chi connectivity index (χ0n) is 12.2. The van der Waals surface area contributed by atoms with Crippen LogP contribution < -0.4 is 4.74 Å². The molecule has 4 heteroatoms. The van der Waals surface area contributed by atoms with E-state index >= 15 is 0 Å². The van der Waals surface area contributed by atoms with Crippen molar-refractivity contribution in [2.24, 2.45) is 0 Å². The molecule has 0 fully saturated rings. The van der Waals surface area contributed by atoms with Crippen molar-refractivity contribution in [1.29, 1.82) is 0 Å². The van der Waals surface area contributed by atoms with Crippen LogP contribution in [0.3, 0.4) is 0 Å². The molecule has 0 bridgehead atoms. The van der Waals surface area contributed by atoms with E-state index in [0.29, 0.717) is 11.6 Å². The van der Waals surface area contributed by atoms with E-state index in [0.717, 1.165) is 28.3 Å². The number of hydrogen-bond donors (Lipinski definition) is 0. The second-order valence-electron chi connectivity index (χ2n) is 4.86. The highest BCUT2D eigenvalue weighted by Gasteiger charge is 2.11. The number of halogens is 1. The maximum absolute atomic E-state index is 6.20. The fraction of sp³-hybridized carbons (Fsp3) is 0.111. The number of hydrogen-bond acceptors (Lipinski definition) is 3. The minimum Gasteiger partial charge on any atom is -0.496 e. The molecule has 1 aromatic heterocycles. The highest BCUT2D eigenvalue weighted by Crippen LogP contribution is 2.29. The predicted octanol–water partition coefficient (Wildman–Crippen LogP) is 4.40. The number of nitrogens with zero attached hydrogens (tertiary/aromatic N) is 2. The third-order valence-corrected chi connectivity index (χ3v) is 3.71. The molecule has 0 unspecified atom stereocenters. The standard InChI is InChI=1S/C18H15ClN2O/c1-22-17-10-6-5-9-14(17)16-12-20-18(19)15(21-16)11-13-7-3-2-4-8-13/h2-10,12H,11H2,1H3. The van der Waals surface area contributed by atoms with E-state index in [9.17, 15) is 0 Å². The maximum Gasteiger partial charge on any atom is 0.150 e. The molecule has 3 aromatic rings. The van der Waals surface area contributed by atoms with Crippen LogP contribution in [0.5, 0.6) is 5.75 Å². The first-order valence-electron chi connectivity index (χ1n) is 6.96. The minimum absolute atomic E-state index is 0.433. The molecule has 0 spiro atoms. The quantitative estimate of drug-likeness (QED) is 0.716. The average molecular weight is 311 g/mol. The third-order valence-electron chi connectivity index (χ3n) is 3.39. The fourth-order valence-corrected chi connectivity index (χ4v) is 2.46. The largest absolute Gasteiger partial charge is 0.496 e. The van der Waals surface area contributed by atoms with Gasteiger partial charge in [-0.05, 0) is 17.7 Å². The van der Waals surface area contributed by atoms with E-state index in [1.165, 1.54) is 0 Å². The van der Waals surface area contributed by atoms with Gasteiger partial charge in [0, 0.05) is 12.0 Å². The van der Waals surface area contributed by atoms with E-state index in [-0.39, 0.29) is 0 Å². The molecule has 0 aliphatic heterocycles. The summed E-state index contributed by atoms with van der Waals surface area (Å²) in [5.41, 5.74) is 3.57. The zero-order valence-corrected chi connectivity index (χ0v) is 12.9. The Morgan fingerprint density at radius 1 is 1.00 bits per heavy atom. The SMILES string of the molecule is COc1ccccc1-c1cnc(Cl)c(Cc2ccccc2)n1. The maximum atomic E-state index is 6.20. The van der Waals surface area contributed by atoms with Crippen LogP contribution in [0.2, 0.25) is 5.15 Å². The van der Waals surface area contributed by atoms with Crippen molar-refractivity contribution in [3.05, 3.63) is 77.2 Å². The molecule has 22 heavy (non-hydrogen) atoms. The number of methoxy groups -OCH3 is 1. The van der Waals surface area contributed by atoms with Crippen molar-refractivity contribution in [1.82, 2.24) is 9.97 Å². The first kappa shape index (κ1) is 14.5. The lowest BCUT2D eigenvalue weighted by molar-refractivity contribution is 0.416. The van der Waals surface area contributed by atoms with Gasteiger partial charge in [-0.3, -0.25) is 0 Å². The lowest BCUT2D eigenvalue weighted by atomic mass is 10.1. The van der Waals surface area contributed by atoms with Gasteiger partial charge >= 0.3 is 0 Å². The van der Waals surface area contributed by atoms with Crippen LogP contribution in [-0.4, -0.2) is 17.1 Å². The summed E-state index contributed by atoms with van der Waals surface area (Å²) >= 11 is 6.20. The molecule has 110 valence electrons. The molecule has 0 saturated heterocycles. The van der Waals surface area contributed by atoms with E-state index < -0.39 is 0 Å². The Hall–Kier alpha value is -2.39. The highest BCUT2D eigenvalue weighted by atomic mass is 35.5. The molecule has 0 radical (unpaired) electrons. The Kier molecular flexibility index (Phi) is 4.35. The van der Waals surface area contributed by atoms with Gasteiger partial charge in [-0.1, -0.05) is 54.1 Å². The summed E-state index contributed by atoms with van der Waals surface area (Å²) in [6.07, 6.45) is 2.32. The summed E-state index contributed by atoms with van der Waals surface area (Å²) in [7, 11) is 1.65. The van der Waals surface area contributed by atoms with E-state index in [4.69, 9.17) is 16.3 Å². The molecule has 1 heterocycles. The Labute approximate surface area is 134 Å². The van der Waals surface area contributed by atoms with Crippen LogP contribution in [0.1, 0.15) is 11.3 Å². The van der Waals surface area contributed by atoms with Gasteiger partial charge in [0.05, 0.1) is 24.7 Å². The van der Waals surface area contributed by atoms with Gasteiger partial charge in [0.2, 0.25) is 0 Å². The monoisotopic (exact) mass is 310 g/mol. The summed E-state index contributed by atoms with van der Waals surface area (Å²) in [4.78, 5) is 8.95. The van der Waals surface area contributed by atoms with Crippen molar-refractivity contribution in [3.63, 3.8) is 0 Å². The third kappa shape index (κ3) is 3.10. The summed E-state index contributed by atoms with van der Waals surface area (Å²) < 4.78 is 5.39. The highest BCUT2D eigenvalue weighted by molar-refractivity contribution is 6.30. The summed E-state index contributed by atoms with van der Waals surface area (Å²) in [6.45, 7) is 0. The number of aromatic nitrogens is 2. The van der Waals surface area contributed by atoms with Gasteiger partial charge in [0.1, 0.15) is 5.75 Å². The molecular weight excluding hydrogens is 296 g/mol. The van der Waals surface area contributed by atoms with Gasteiger partial charge in [-0.2, -0.15) is 0 Å². The molecular formula is C18H15ClN2O. The van der Waals surface area contributed by atoms with Gasteiger partial charge in [-0.15, -0.1) is 0 Å². The lowest BCUT2D eigenvalue weighted by Crippen LogP contribution is -1.99. The Bertz CT molecular complexity index is 775. The molecule has 2 aromatic carbocycles. The van der Waals surface area contributed by atoms with Gasteiger partial charge in [0.15, 0.2) is 5.15 Å². The molecule has 0 saturated carbocycles. The van der Waals surface area contributed by atoms with E-state index in [2.05, 4.69) is 9.97 Å². The van der Waals surface area contributed by atoms with Crippen molar-refractivity contribution in [3.8, 4) is 17.0 Å². The fourth-order valence-electron chi connectivity index (χ4n) is 2.30. The normalized spacial score (nSPS) is 10.5. The van der Waals surface area contributed by atoms with Crippen LogP contribution in [-0.2, 0) is 6.42 Å². The first-order valence-corrected chi connectivity index (χ1v) is 7.34. The molecule has 3 nitrogen and oxygen atoms in total. The molecule has 0 amide bonds. The minimum atomic E-state index is 0.433. The van der Waals surface area contributed by atoms with Gasteiger partial charge in [-0.25, -0.2) is 9.97 Å². The van der Waals surface area contributed by atoms with Crippen molar-refractivity contribution in [2.75, 3.05) is 7.11 Å². The predicted molar refractivity (Wildman–Crippen MR) is 88.3 cm³/mol. The van der Waals surface area contributed by atoms with Crippen LogP contribution >= 0.6 is 11.6 Å². The van der Waals surface area contributed by atoms with Crippen molar-refractivity contribution < 1.29 is 4.74 Å². The second-order valence-corrected chi connectivity index (χ2v) is 5.21. The Morgan fingerprint density at radius 3 is 2.50 bits per heavy atom. The summed E-state index contributed by atoms with van der Waals surface area (Å²) in [5.74, 6) is 0.768. The number of rotatable bonds is 4. The molecule has 0 aliphatic carbocycles. The van der Waals surface area contributed by atoms with Crippen LogP contribution in [0.15, 0.2) is 60.8 Å². The number of ether oxygens (including phenoxy) is 1. The Morgan fingerprint density at radius 2 is 1.73 bits per heavy atom. The van der Waals surface area contributed by atoms with E-state index in [1.807, 2.05) is 54.6 Å². The van der Waals surface area contributed by atoms with Crippen molar-refractivity contribution in [2.45, 2.75) is 6.42 Å². The smallest absolute Gasteiger partial charge is 0.150 e. The average Bonchev–Trinajstić information content (AvgIpc) is 2.58. The summed E-state index contributed by atoms with van der Waals surface area (Å²) in [5, 5.41) is 0.433. The van der Waals surface area contributed by atoms with Crippen LogP contribution in [0.4, 0.5) is 0 Å². The molecule has 3 rings (SSSR count). The van der Waals surface area contributed by atoms with Gasteiger partial charge in [0.25, 0.3) is 0 Å². The number of para-hydroxylation sites is 1. The lowest BCUT2D eigenvalue weighted by Gasteiger charge is -2.09. The van der Waals surface area contributed by atoms with Crippen LogP contribution in [0.25, 0.3) is 11.3 Å². The topological polar surface area (TPSA) is 35.0 Å².